The molecule has 0 amide bonds. The van der Waals surface area contributed by atoms with Gasteiger partial charge in [-0.15, -0.1) is 0 Å². The van der Waals surface area contributed by atoms with Gasteiger partial charge in [0.05, 0.1) is 22.4 Å². The lowest BCUT2D eigenvalue weighted by atomic mass is 9.80. The first-order valence-electron chi connectivity index (χ1n) is 24.1. The van der Waals surface area contributed by atoms with Crippen molar-refractivity contribution in [2.45, 2.75) is 92.3 Å². The Bertz CT molecular complexity index is 3170. The predicted octanol–water partition coefficient (Wildman–Crippen LogP) is 15.4. The van der Waals surface area contributed by atoms with Gasteiger partial charge in [-0.05, 0) is 130 Å². The molecule has 0 atom stereocenters. The van der Waals surface area contributed by atoms with Crippen molar-refractivity contribution in [2.75, 3.05) is 16.5 Å². The average molecular weight is 809 g/mol. The number of nitrogens with zero attached hydrogens (tertiary/aromatic N) is 4. The Balaban J connectivity index is 1.24. The minimum atomic E-state index is -2.53. The highest BCUT2D eigenvalue weighted by Crippen LogP contribution is 2.48. The lowest BCUT2D eigenvalue weighted by molar-refractivity contribution is 0.483. The maximum atomic E-state index is 8.83. The fourth-order valence-electron chi connectivity index (χ4n) is 8.68. The Kier molecular flexibility index (Phi) is 8.04. The van der Waals surface area contributed by atoms with E-state index in [1.54, 1.807) is 12.1 Å². The van der Waals surface area contributed by atoms with E-state index >= 15 is 0 Å². The number of rotatable bonds is 6. The third-order valence-corrected chi connectivity index (χ3v) is 11.9. The van der Waals surface area contributed by atoms with Gasteiger partial charge in [-0.3, -0.25) is 4.57 Å². The van der Waals surface area contributed by atoms with Crippen molar-refractivity contribution in [3.63, 3.8) is 0 Å². The van der Waals surface area contributed by atoms with E-state index in [1.807, 2.05) is 47.0 Å². The van der Waals surface area contributed by atoms with Crippen molar-refractivity contribution in [1.82, 2.24) is 9.55 Å². The van der Waals surface area contributed by atoms with Crippen LogP contribution in [0.4, 0.5) is 22.7 Å². The van der Waals surface area contributed by atoms with E-state index in [4.69, 9.17) is 13.0 Å². The molecule has 3 heterocycles. The molecule has 308 valence electrons. The molecule has 1 aliphatic heterocycles. The van der Waals surface area contributed by atoms with Crippen LogP contribution in [-0.4, -0.2) is 16.2 Å². The van der Waals surface area contributed by atoms with Crippen LogP contribution in [0.1, 0.15) is 98.4 Å². The van der Waals surface area contributed by atoms with Crippen LogP contribution in [0.3, 0.4) is 0 Å². The molecule has 0 N–H and O–H groups in total. The van der Waals surface area contributed by atoms with Gasteiger partial charge in [-0.1, -0.05) is 123 Å². The van der Waals surface area contributed by atoms with Gasteiger partial charge in [0.25, 0.3) is 0 Å². The lowest BCUT2D eigenvalue weighted by Crippen LogP contribution is -2.25. The molecule has 0 radical (unpaired) electrons. The van der Waals surface area contributed by atoms with Crippen molar-refractivity contribution in [3.05, 3.63) is 167 Å². The minimum absolute atomic E-state index is 0.0644. The number of aromatic nitrogens is 2. The number of anilines is 4. The maximum Gasteiger partial charge on any atom is 0.137 e. The second-order valence-electron chi connectivity index (χ2n) is 19.5. The summed E-state index contributed by atoms with van der Waals surface area (Å²) in [6, 6.07) is 44.3. The van der Waals surface area contributed by atoms with Crippen molar-refractivity contribution in [1.29, 1.82) is 0 Å². The van der Waals surface area contributed by atoms with Crippen molar-refractivity contribution in [2.24, 2.45) is 0 Å². The van der Waals surface area contributed by atoms with Gasteiger partial charge < -0.3 is 14.5 Å². The number of hydrogen-bond donors (Lipinski definition) is 0. The van der Waals surface area contributed by atoms with E-state index in [2.05, 4.69) is 150 Å². The standard InChI is InChI=1S/C56H58N4O/c1-36-24-25-57-52(26-36)60-48-21-15-13-19-46(48)53-37(2)27-43(34-51(53)60)61-44-29-38(45-18-12-14-20-47(45)56(9,10)11)28-41(33-44)58-35-59(50-23-17-16-22-49(50)58)42-31-39(54(3,4)5)30-40(32-42)55(6,7)8/h12-34H,35H2,1-11H3/i1D3,2D3. The summed E-state index contributed by atoms with van der Waals surface area (Å²) in [7, 11) is 0. The first-order valence-corrected chi connectivity index (χ1v) is 21.1. The van der Waals surface area contributed by atoms with Gasteiger partial charge in [-0.2, -0.15) is 0 Å². The fourth-order valence-corrected chi connectivity index (χ4v) is 8.68. The van der Waals surface area contributed by atoms with Crippen LogP contribution in [0, 0.1) is 13.7 Å². The highest BCUT2D eigenvalue weighted by molar-refractivity contribution is 6.11. The summed E-state index contributed by atoms with van der Waals surface area (Å²) in [5.74, 6) is 1.20. The molecule has 0 saturated heterocycles. The topological polar surface area (TPSA) is 33.5 Å². The first-order chi connectivity index (χ1) is 31.4. The molecule has 6 aromatic carbocycles. The van der Waals surface area contributed by atoms with Crippen LogP contribution in [0.2, 0.25) is 0 Å². The Morgan fingerprint density at radius 1 is 0.574 bits per heavy atom. The van der Waals surface area contributed by atoms with Crippen LogP contribution in [-0.2, 0) is 16.2 Å². The zero-order valence-corrected chi connectivity index (χ0v) is 36.7. The molecule has 8 aromatic rings. The summed E-state index contributed by atoms with van der Waals surface area (Å²) >= 11 is 0. The summed E-state index contributed by atoms with van der Waals surface area (Å²) in [5, 5.41) is 1.23. The molecule has 0 fully saturated rings. The quantitative estimate of drug-likeness (QED) is 0.168. The fraction of sp³-hybridized carbons (Fsp3) is 0.268. The summed E-state index contributed by atoms with van der Waals surface area (Å²) in [6.07, 6.45) is 1.48. The van der Waals surface area contributed by atoms with Crippen LogP contribution >= 0.6 is 0 Å². The number of pyridine rings is 1. The molecular weight excluding hydrogens is 745 g/mol. The molecule has 2 aromatic heterocycles. The Morgan fingerprint density at radius 2 is 1.21 bits per heavy atom. The molecule has 5 heteroatoms. The van der Waals surface area contributed by atoms with Gasteiger partial charge in [0.2, 0.25) is 0 Å². The third-order valence-electron chi connectivity index (χ3n) is 11.9. The van der Waals surface area contributed by atoms with E-state index in [1.165, 1.54) is 29.0 Å². The first kappa shape index (κ1) is 33.4. The van der Waals surface area contributed by atoms with E-state index in [9.17, 15) is 0 Å². The molecule has 0 unspecified atom stereocenters. The number of ether oxygens (including phenoxy) is 1. The van der Waals surface area contributed by atoms with Gasteiger partial charge in [0.1, 0.15) is 24.0 Å². The second-order valence-corrected chi connectivity index (χ2v) is 19.5. The summed E-state index contributed by atoms with van der Waals surface area (Å²) < 4.78 is 59.8. The smallest absolute Gasteiger partial charge is 0.137 e. The number of fused-ring (bicyclic) bond motifs is 4. The largest absolute Gasteiger partial charge is 0.457 e. The van der Waals surface area contributed by atoms with Gasteiger partial charge in [-0.25, -0.2) is 4.98 Å². The number of aryl methyl sites for hydroxylation is 2. The summed E-state index contributed by atoms with van der Waals surface area (Å²) in [6.45, 7) is 15.9. The average Bonchev–Trinajstić information content (AvgIpc) is 3.81. The molecule has 1 aliphatic rings. The van der Waals surface area contributed by atoms with Gasteiger partial charge in [0, 0.05) is 48.7 Å². The molecule has 0 aliphatic carbocycles. The molecule has 0 spiro atoms. The van der Waals surface area contributed by atoms with Crippen LogP contribution in [0.5, 0.6) is 11.5 Å². The van der Waals surface area contributed by atoms with Crippen LogP contribution < -0.4 is 14.5 Å². The highest BCUT2D eigenvalue weighted by atomic mass is 16.5. The van der Waals surface area contributed by atoms with Crippen molar-refractivity contribution < 1.29 is 13.0 Å². The molecule has 61 heavy (non-hydrogen) atoms. The van der Waals surface area contributed by atoms with Crippen LogP contribution in [0.25, 0.3) is 38.8 Å². The molecule has 0 bridgehead atoms. The van der Waals surface area contributed by atoms with E-state index in [0.29, 0.717) is 45.8 Å². The number of para-hydroxylation sites is 3. The Hall–Kier alpha value is -6.33. The minimum Gasteiger partial charge on any atom is -0.457 e. The zero-order valence-electron chi connectivity index (χ0n) is 42.7. The number of benzene rings is 6. The Labute approximate surface area is 370 Å². The van der Waals surface area contributed by atoms with Gasteiger partial charge >= 0.3 is 0 Å². The zero-order chi connectivity index (χ0) is 48.0. The van der Waals surface area contributed by atoms with Gasteiger partial charge in [0.15, 0.2) is 0 Å². The number of hydrogen-bond acceptors (Lipinski definition) is 4. The normalized spacial score (nSPS) is 15.2. The molecule has 9 rings (SSSR count). The lowest BCUT2D eigenvalue weighted by Gasteiger charge is -2.29. The second kappa shape index (κ2) is 14.7. The SMILES string of the molecule is [2H]C([2H])([2H])c1ccnc(-n2c3ccccc3c3c(C([2H])([2H])[2H])cc(Oc4cc(-c5ccccc5C(C)(C)C)cc(N5CN(c6cc(C(C)(C)C)cc(C(C)(C)C)c6)c6ccccc65)c4)cc32)c1. The Morgan fingerprint density at radius 3 is 1.89 bits per heavy atom. The highest BCUT2D eigenvalue weighted by Gasteiger charge is 2.31. The monoisotopic (exact) mass is 808 g/mol. The predicted molar refractivity (Wildman–Crippen MR) is 258 cm³/mol. The van der Waals surface area contributed by atoms with E-state index in [-0.39, 0.29) is 27.4 Å². The molecule has 5 nitrogen and oxygen atoms in total. The maximum absolute atomic E-state index is 8.83. The van der Waals surface area contributed by atoms with Crippen molar-refractivity contribution in [3.8, 4) is 28.4 Å². The van der Waals surface area contributed by atoms with E-state index in [0.717, 1.165) is 33.9 Å². The molecule has 0 saturated carbocycles. The third kappa shape index (κ3) is 7.45. The summed E-state index contributed by atoms with van der Waals surface area (Å²) in [5.41, 5.74) is 11.1. The molecular formula is C56H58N4O. The van der Waals surface area contributed by atoms with Crippen LogP contribution in [0.15, 0.2) is 140 Å². The summed E-state index contributed by atoms with van der Waals surface area (Å²) in [4.78, 5) is 9.35. The van der Waals surface area contributed by atoms with E-state index < -0.39 is 13.7 Å². The van der Waals surface area contributed by atoms with Crippen molar-refractivity contribution >= 4 is 44.6 Å².